The van der Waals surface area contributed by atoms with Crippen LogP contribution in [0.3, 0.4) is 0 Å². The van der Waals surface area contributed by atoms with Crippen molar-refractivity contribution in [3.8, 4) is 11.1 Å². The topological polar surface area (TPSA) is 136 Å². The molecule has 11 nitrogen and oxygen atoms in total. The van der Waals surface area contributed by atoms with E-state index in [2.05, 4.69) is 20.5 Å². The van der Waals surface area contributed by atoms with Crippen LogP contribution in [0.4, 0.5) is 13.6 Å². The van der Waals surface area contributed by atoms with Crippen molar-refractivity contribution in [2.45, 2.75) is 63.8 Å². The number of amides is 2. The number of carbonyl (C=O) groups excluding carboxylic acids is 2. The summed E-state index contributed by atoms with van der Waals surface area (Å²) in [6.45, 7) is 5.70. The lowest BCUT2D eigenvalue weighted by Crippen LogP contribution is -2.49. The SMILES string of the molecule is COCC(COC)N(Cc1ccc(-c2c(F)cccc2F)cn1)C(=O)C1(c2ccc3c(=O)[nH]nc(CNC(=O)OC(C)(C)C)c3c2)CC1. The largest absolute Gasteiger partial charge is 0.444 e. The van der Waals surface area contributed by atoms with E-state index in [1.165, 1.54) is 38.6 Å². The second kappa shape index (κ2) is 14.2. The summed E-state index contributed by atoms with van der Waals surface area (Å²) in [6, 6.07) is 11.6. The maximum atomic E-state index is 14.6. The molecule has 1 aliphatic rings. The molecule has 2 heterocycles. The fourth-order valence-corrected chi connectivity index (χ4v) is 5.74. The van der Waals surface area contributed by atoms with Crippen LogP contribution in [0.5, 0.6) is 0 Å². The number of pyridine rings is 1. The van der Waals surface area contributed by atoms with Crippen LogP contribution in [0.25, 0.3) is 21.9 Å². The molecule has 1 saturated carbocycles. The van der Waals surface area contributed by atoms with Crippen molar-refractivity contribution in [1.29, 1.82) is 0 Å². The van der Waals surface area contributed by atoms with Crippen molar-refractivity contribution in [2.75, 3.05) is 27.4 Å². The van der Waals surface area contributed by atoms with Crippen molar-refractivity contribution in [3.05, 3.63) is 93.7 Å². The molecule has 2 amide bonds. The molecule has 0 radical (unpaired) electrons. The summed E-state index contributed by atoms with van der Waals surface area (Å²) in [4.78, 5) is 45.7. The van der Waals surface area contributed by atoms with Gasteiger partial charge < -0.3 is 24.4 Å². The van der Waals surface area contributed by atoms with Crippen LogP contribution >= 0.6 is 0 Å². The van der Waals surface area contributed by atoms with Crippen molar-refractivity contribution in [3.63, 3.8) is 0 Å². The number of ether oxygens (including phenoxy) is 3. The van der Waals surface area contributed by atoms with E-state index in [4.69, 9.17) is 14.2 Å². The molecule has 13 heteroatoms. The third-order valence-electron chi connectivity index (χ3n) is 8.21. The number of methoxy groups -OCH3 is 2. The van der Waals surface area contributed by atoms with E-state index in [-0.39, 0.29) is 43.3 Å². The van der Waals surface area contributed by atoms with Crippen LogP contribution in [0.15, 0.2) is 59.5 Å². The van der Waals surface area contributed by atoms with Crippen LogP contribution in [-0.2, 0) is 37.5 Å². The monoisotopic (exact) mass is 663 g/mol. The Kier molecular flexibility index (Phi) is 10.2. The first-order valence-electron chi connectivity index (χ1n) is 15.5. The van der Waals surface area contributed by atoms with E-state index < -0.39 is 40.3 Å². The minimum atomic E-state index is -0.900. The quantitative estimate of drug-likeness (QED) is 0.216. The Morgan fingerprint density at radius 2 is 1.71 bits per heavy atom. The van der Waals surface area contributed by atoms with E-state index in [1.54, 1.807) is 56.0 Å². The first kappa shape index (κ1) is 34.6. The van der Waals surface area contributed by atoms with Gasteiger partial charge in [-0.1, -0.05) is 18.2 Å². The van der Waals surface area contributed by atoms with Crippen molar-refractivity contribution in [1.82, 2.24) is 25.4 Å². The summed E-state index contributed by atoms with van der Waals surface area (Å²) in [7, 11) is 3.07. The summed E-state index contributed by atoms with van der Waals surface area (Å²) in [5.41, 5.74) is -0.296. The maximum Gasteiger partial charge on any atom is 0.407 e. The molecular weight excluding hydrogens is 624 g/mol. The highest BCUT2D eigenvalue weighted by Crippen LogP contribution is 2.50. The fraction of sp³-hybridized carbons (Fsp3) is 0.400. The third-order valence-corrected chi connectivity index (χ3v) is 8.21. The molecule has 0 spiro atoms. The Hall–Kier alpha value is -4.75. The van der Waals surface area contributed by atoms with E-state index in [0.717, 1.165) is 0 Å². The zero-order chi connectivity index (χ0) is 34.6. The lowest BCUT2D eigenvalue weighted by Gasteiger charge is -2.34. The van der Waals surface area contributed by atoms with Gasteiger partial charge in [0.25, 0.3) is 5.56 Å². The van der Waals surface area contributed by atoms with Gasteiger partial charge >= 0.3 is 6.09 Å². The van der Waals surface area contributed by atoms with Gasteiger partial charge in [0.15, 0.2) is 0 Å². The highest BCUT2D eigenvalue weighted by atomic mass is 19.1. The number of aromatic nitrogens is 3. The Bertz CT molecular complexity index is 1830. The highest BCUT2D eigenvalue weighted by Gasteiger charge is 2.54. The Labute approximate surface area is 276 Å². The van der Waals surface area contributed by atoms with Gasteiger partial charge in [-0.15, -0.1) is 0 Å². The molecule has 0 saturated heterocycles. The normalized spacial score (nSPS) is 13.8. The summed E-state index contributed by atoms with van der Waals surface area (Å²) in [6.07, 6.45) is 1.87. The van der Waals surface area contributed by atoms with Crippen LogP contribution in [0.1, 0.15) is 50.6 Å². The summed E-state index contributed by atoms with van der Waals surface area (Å²) in [5.74, 6) is -1.58. The fourth-order valence-electron chi connectivity index (χ4n) is 5.74. The number of halogens is 2. The molecule has 254 valence electrons. The number of alkyl carbamates (subject to hydrolysis) is 1. The van der Waals surface area contributed by atoms with Gasteiger partial charge in [0.1, 0.15) is 17.2 Å². The molecular formula is C35H39F2N5O6. The number of H-pyrrole nitrogens is 1. The summed E-state index contributed by atoms with van der Waals surface area (Å²) < 4.78 is 45.1. The van der Waals surface area contributed by atoms with Crippen LogP contribution in [0, 0.1) is 11.6 Å². The Morgan fingerprint density at radius 1 is 1.02 bits per heavy atom. The minimum absolute atomic E-state index is 0.0130. The molecule has 0 aliphatic heterocycles. The number of fused-ring (bicyclic) bond motifs is 1. The van der Waals surface area contributed by atoms with Crippen molar-refractivity contribution < 1.29 is 32.6 Å². The van der Waals surface area contributed by atoms with Gasteiger partial charge in [-0.25, -0.2) is 18.7 Å². The third kappa shape index (κ3) is 7.52. The Balaban J connectivity index is 1.46. The maximum absolute atomic E-state index is 14.6. The van der Waals surface area contributed by atoms with Crippen LogP contribution in [0.2, 0.25) is 0 Å². The molecule has 0 atom stereocenters. The lowest BCUT2D eigenvalue weighted by molar-refractivity contribution is -0.140. The lowest BCUT2D eigenvalue weighted by atomic mass is 9.91. The highest BCUT2D eigenvalue weighted by molar-refractivity contribution is 5.94. The van der Waals surface area contributed by atoms with E-state index in [0.29, 0.717) is 40.6 Å². The number of nitrogens with one attached hydrogen (secondary N) is 2. The van der Waals surface area contributed by atoms with Crippen LogP contribution < -0.4 is 10.9 Å². The van der Waals surface area contributed by atoms with Gasteiger partial charge in [-0.05, 0) is 69.5 Å². The molecule has 2 N–H and O–H groups in total. The van der Waals surface area contributed by atoms with E-state index in [9.17, 15) is 23.2 Å². The standard InChI is InChI=1S/C35H39F2N5O6/c1-34(2,3)48-33(45)39-17-29-26-15-22(10-12-25(26)31(43)41-40-29)35(13-14-35)32(44)42(24(19-46-4)20-47-5)18-23-11-9-21(16-38-23)30-27(36)7-6-8-28(30)37/h6-12,15-16,24H,13-14,17-20H2,1-5H3,(H,39,45)(H,41,43). The molecule has 0 unspecified atom stereocenters. The van der Waals surface area contributed by atoms with Crippen molar-refractivity contribution >= 4 is 22.8 Å². The molecule has 5 rings (SSSR count). The second-order valence-corrected chi connectivity index (χ2v) is 12.8. The Morgan fingerprint density at radius 3 is 2.29 bits per heavy atom. The number of benzene rings is 2. The van der Waals surface area contributed by atoms with Crippen molar-refractivity contribution in [2.24, 2.45) is 0 Å². The molecule has 2 aromatic heterocycles. The number of hydrogen-bond acceptors (Lipinski definition) is 8. The molecule has 4 aromatic rings. The predicted octanol–water partition coefficient (Wildman–Crippen LogP) is 5.01. The molecule has 1 aliphatic carbocycles. The van der Waals surface area contributed by atoms with Gasteiger partial charge in [0.2, 0.25) is 5.91 Å². The van der Waals surface area contributed by atoms with Gasteiger partial charge in [0, 0.05) is 31.4 Å². The van der Waals surface area contributed by atoms with Gasteiger partial charge in [-0.2, -0.15) is 5.10 Å². The zero-order valence-electron chi connectivity index (χ0n) is 27.6. The average Bonchev–Trinajstić information content (AvgIpc) is 3.85. The molecule has 48 heavy (non-hydrogen) atoms. The average molecular weight is 664 g/mol. The number of hydrogen-bond donors (Lipinski definition) is 2. The molecule has 2 aromatic carbocycles. The molecule has 1 fully saturated rings. The predicted molar refractivity (Wildman–Crippen MR) is 174 cm³/mol. The smallest absolute Gasteiger partial charge is 0.407 e. The van der Waals surface area contributed by atoms with E-state index in [1.807, 2.05) is 0 Å². The van der Waals surface area contributed by atoms with E-state index >= 15 is 0 Å². The first-order chi connectivity index (χ1) is 22.9. The van der Waals surface area contributed by atoms with Gasteiger partial charge in [-0.3, -0.25) is 14.6 Å². The summed E-state index contributed by atoms with van der Waals surface area (Å²) in [5, 5.41) is 10.2. The molecule has 0 bridgehead atoms. The first-order valence-corrected chi connectivity index (χ1v) is 15.5. The number of carbonyl (C=O) groups is 2. The minimum Gasteiger partial charge on any atom is -0.444 e. The van der Waals surface area contributed by atoms with Gasteiger partial charge in [0.05, 0.1) is 60.1 Å². The summed E-state index contributed by atoms with van der Waals surface area (Å²) >= 11 is 0. The number of nitrogens with zero attached hydrogens (tertiary/aromatic N) is 3. The number of aromatic amines is 1. The van der Waals surface area contributed by atoms with Crippen LogP contribution in [-0.4, -0.2) is 71.2 Å². The zero-order valence-corrected chi connectivity index (χ0v) is 27.6. The second-order valence-electron chi connectivity index (χ2n) is 12.8. The number of rotatable bonds is 12.